The van der Waals surface area contributed by atoms with Crippen LogP contribution in [0.2, 0.25) is 0 Å². The first kappa shape index (κ1) is 10.6. The second kappa shape index (κ2) is 4.70. The third-order valence-corrected chi connectivity index (χ3v) is 1.98. The lowest BCUT2D eigenvalue weighted by molar-refractivity contribution is 0.224. The highest BCUT2D eigenvalue weighted by Crippen LogP contribution is 2.21. The van der Waals surface area contributed by atoms with Crippen LogP contribution in [0, 0.1) is 6.92 Å². The fourth-order valence-electron chi connectivity index (χ4n) is 1.29. The lowest BCUT2D eigenvalue weighted by atomic mass is 10.1. The zero-order valence-electron chi connectivity index (χ0n) is 8.71. The Labute approximate surface area is 84.8 Å². The molecule has 1 aromatic carbocycles. The fourth-order valence-corrected chi connectivity index (χ4v) is 1.29. The molecular weight excluding hydrogens is 176 g/mol. The summed E-state index contributed by atoms with van der Waals surface area (Å²) in [5.74, 6) is 0.998. The zero-order chi connectivity index (χ0) is 10.6. The molecule has 0 saturated carbocycles. The van der Waals surface area contributed by atoms with Crippen LogP contribution in [0.1, 0.15) is 18.1 Å². The predicted molar refractivity (Wildman–Crippen MR) is 57.3 cm³/mol. The molecule has 0 fully saturated rings. The molecule has 0 unspecified atom stereocenters. The molecule has 0 spiro atoms. The maximum Gasteiger partial charge on any atom is 0.119 e. The van der Waals surface area contributed by atoms with Gasteiger partial charge in [0.2, 0.25) is 0 Å². The van der Waals surface area contributed by atoms with Crippen molar-refractivity contribution in [2.75, 3.05) is 6.61 Å². The summed E-state index contributed by atoms with van der Waals surface area (Å²) < 4.78 is 5.23. The Bertz CT molecular complexity index is 329. The van der Waals surface area contributed by atoms with Gasteiger partial charge in [0.1, 0.15) is 5.75 Å². The van der Waals surface area contributed by atoms with Gasteiger partial charge in [-0.05, 0) is 25.5 Å². The lowest BCUT2D eigenvalue weighted by Gasteiger charge is -2.08. The molecule has 0 saturated heterocycles. The summed E-state index contributed by atoms with van der Waals surface area (Å²) in [5.41, 5.74) is 1.90. The maximum atomic E-state index is 9.61. The summed E-state index contributed by atoms with van der Waals surface area (Å²) in [7, 11) is 0. The Morgan fingerprint density at radius 3 is 2.79 bits per heavy atom. The number of phenolic OH excluding ortho intramolecular Hbond substituents is 1. The summed E-state index contributed by atoms with van der Waals surface area (Å²) in [6.45, 7) is 8.25. The zero-order valence-corrected chi connectivity index (χ0v) is 8.71. The van der Waals surface area contributed by atoms with Crippen molar-refractivity contribution < 1.29 is 9.84 Å². The highest BCUT2D eigenvalue weighted by Gasteiger charge is 2.03. The molecule has 0 amide bonds. The van der Waals surface area contributed by atoms with E-state index in [1.54, 1.807) is 6.07 Å². The minimum Gasteiger partial charge on any atom is -0.508 e. The summed E-state index contributed by atoms with van der Waals surface area (Å²) in [6, 6.07) is 5.61. The van der Waals surface area contributed by atoms with Crippen molar-refractivity contribution in [3.8, 4) is 5.75 Å². The van der Waals surface area contributed by atoms with Crippen LogP contribution >= 0.6 is 0 Å². The van der Waals surface area contributed by atoms with Crippen LogP contribution in [0.15, 0.2) is 30.5 Å². The number of allylic oxidation sites excluding steroid dienone is 1. The predicted octanol–water partition coefficient (Wildman–Crippen LogP) is 2.79. The van der Waals surface area contributed by atoms with Gasteiger partial charge >= 0.3 is 0 Å². The third kappa shape index (κ3) is 2.80. The number of aromatic hydroxyl groups is 1. The van der Waals surface area contributed by atoms with Crippen molar-refractivity contribution in [2.45, 2.75) is 20.3 Å². The van der Waals surface area contributed by atoms with E-state index in [0.717, 1.165) is 11.1 Å². The molecule has 0 bridgehead atoms. The normalized spacial score (nSPS) is 9.86. The van der Waals surface area contributed by atoms with Crippen LogP contribution in [0.4, 0.5) is 0 Å². The molecule has 76 valence electrons. The van der Waals surface area contributed by atoms with Crippen molar-refractivity contribution in [1.82, 2.24) is 0 Å². The number of hydrogen-bond donors (Lipinski definition) is 1. The highest BCUT2D eigenvalue weighted by molar-refractivity contribution is 5.37. The maximum absolute atomic E-state index is 9.61. The number of rotatable bonds is 4. The van der Waals surface area contributed by atoms with E-state index >= 15 is 0 Å². The quantitative estimate of drug-likeness (QED) is 0.743. The van der Waals surface area contributed by atoms with E-state index < -0.39 is 0 Å². The SMILES string of the molecule is C=C(Cc1ccc(C)cc1O)OCC. The molecule has 0 heterocycles. The lowest BCUT2D eigenvalue weighted by Crippen LogP contribution is -1.95. The Morgan fingerprint density at radius 1 is 1.50 bits per heavy atom. The number of benzene rings is 1. The molecule has 0 atom stereocenters. The monoisotopic (exact) mass is 192 g/mol. The van der Waals surface area contributed by atoms with Crippen LogP contribution in [0.3, 0.4) is 0 Å². The van der Waals surface area contributed by atoms with E-state index in [0.29, 0.717) is 24.5 Å². The van der Waals surface area contributed by atoms with Crippen LogP contribution in [0.5, 0.6) is 5.75 Å². The molecule has 0 aliphatic heterocycles. The number of ether oxygens (including phenoxy) is 1. The molecule has 2 nitrogen and oxygen atoms in total. The molecule has 0 aliphatic rings. The van der Waals surface area contributed by atoms with Crippen molar-refractivity contribution in [3.63, 3.8) is 0 Å². The molecule has 0 aliphatic carbocycles. The summed E-state index contributed by atoms with van der Waals surface area (Å²) >= 11 is 0. The van der Waals surface area contributed by atoms with Gasteiger partial charge in [-0.1, -0.05) is 18.7 Å². The molecule has 1 aromatic rings. The van der Waals surface area contributed by atoms with Gasteiger partial charge in [0.15, 0.2) is 0 Å². The Kier molecular flexibility index (Phi) is 3.57. The van der Waals surface area contributed by atoms with Crippen molar-refractivity contribution in [2.24, 2.45) is 0 Å². The van der Waals surface area contributed by atoms with Crippen LogP contribution < -0.4 is 0 Å². The molecule has 2 heteroatoms. The van der Waals surface area contributed by atoms with E-state index in [2.05, 4.69) is 6.58 Å². The van der Waals surface area contributed by atoms with E-state index in [1.165, 1.54) is 0 Å². The van der Waals surface area contributed by atoms with Crippen molar-refractivity contribution >= 4 is 0 Å². The first-order valence-corrected chi connectivity index (χ1v) is 4.72. The highest BCUT2D eigenvalue weighted by atomic mass is 16.5. The van der Waals surface area contributed by atoms with Gasteiger partial charge in [-0.25, -0.2) is 0 Å². The smallest absolute Gasteiger partial charge is 0.119 e. The van der Waals surface area contributed by atoms with Gasteiger partial charge in [0.05, 0.1) is 12.4 Å². The third-order valence-electron chi connectivity index (χ3n) is 1.98. The topological polar surface area (TPSA) is 29.5 Å². The Balaban J connectivity index is 2.72. The summed E-state index contributed by atoms with van der Waals surface area (Å²) in [6.07, 6.45) is 0.569. The molecule has 0 radical (unpaired) electrons. The average Bonchev–Trinajstić information content (AvgIpc) is 2.10. The van der Waals surface area contributed by atoms with Gasteiger partial charge in [-0.15, -0.1) is 0 Å². The van der Waals surface area contributed by atoms with Gasteiger partial charge in [-0.2, -0.15) is 0 Å². The van der Waals surface area contributed by atoms with Crippen molar-refractivity contribution in [3.05, 3.63) is 41.7 Å². The second-order valence-electron chi connectivity index (χ2n) is 3.28. The van der Waals surface area contributed by atoms with Gasteiger partial charge < -0.3 is 9.84 Å². The van der Waals surface area contributed by atoms with E-state index in [4.69, 9.17) is 4.74 Å². The van der Waals surface area contributed by atoms with Gasteiger partial charge in [0.25, 0.3) is 0 Å². The Hall–Kier alpha value is -1.44. The van der Waals surface area contributed by atoms with Crippen LogP contribution in [-0.4, -0.2) is 11.7 Å². The average molecular weight is 192 g/mol. The standard InChI is InChI=1S/C12H16O2/c1-4-14-10(3)8-11-6-5-9(2)7-12(11)13/h5-7,13H,3-4,8H2,1-2H3. The molecule has 14 heavy (non-hydrogen) atoms. The Morgan fingerprint density at radius 2 is 2.21 bits per heavy atom. The first-order valence-electron chi connectivity index (χ1n) is 4.72. The van der Waals surface area contributed by atoms with E-state index in [9.17, 15) is 5.11 Å². The largest absolute Gasteiger partial charge is 0.508 e. The number of hydrogen-bond acceptors (Lipinski definition) is 2. The van der Waals surface area contributed by atoms with E-state index in [1.807, 2.05) is 26.0 Å². The second-order valence-corrected chi connectivity index (χ2v) is 3.28. The molecule has 1 N–H and O–H groups in total. The van der Waals surface area contributed by atoms with Gasteiger partial charge in [0, 0.05) is 12.0 Å². The summed E-state index contributed by atoms with van der Waals surface area (Å²) in [5, 5.41) is 9.61. The number of aryl methyl sites for hydroxylation is 1. The number of phenols is 1. The molecule has 0 aromatic heterocycles. The first-order chi connectivity index (χ1) is 6.63. The summed E-state index contributed by atoms with van der Waals surface area (Å²) in [4.78, 5) is 0. The fraction of sp³-hybridized carbons (Fsp3) is 0.333. The molecular formula is C12H16O2. The minimum atomic E-state index is 0.311. The minimum absolute atomic E-state index is 0.311. The van der Waals surface area contributed by atoms with Gasteiger partial charge in [-0.3, -0.25) is 0 Å². The van der Waals surface area contributed by atoms with Crippen molar-refractivity contribution in [1.29, 1.82) is 0 Å². The molecule has 1 rings (SSSR count). The van der Waals surface area contributed by atoms with Crippen LogP contribution in [-0.2, 0) is 11.2 Å². The van der Waals surface area contributed by atoms with Crippen LogP contribution in [0.25, 0.3) is 0 Å². The van der Waals surface area contributed by atoms with E-state index in [-0.39, 0.29) is 0 Å².